The number of rotatable bonds is 1. The summed E-state index contributed by atoms with van der Waals surface area (Å²) < 4.78 is 0. The molecule has 57 valence electrons. The van der Waals surface area contributed by atoms with Gasteiger partial charge in [-0.05, 0) is 27.7 Å². The Hall–Kier alpha value is -0.530. The molecule has 1 heterocycles. The van der Waals surface area contributed by atoms with Gasteiger partial charge in [0.05, 0.1) is 5.54 Å². The standard InChI is InChI=1S/C8H15N2/c1-7(2)10-5-8(3,4)9-6-10/h7H,5H2,1-4H3. The van der Waals surface area contributed by atoms with Crippen molar-refractivity contribution in [3.05, 3.63) is 0 Å². The lowest BCUT2D eigenvalue weighted by Crippen LogP contribution is -2.33. The first kappa shape index (κ1) is 7.58. The van der Waals surface area contributed by atoms with Crippen LogP contribution in [0.15, 0.2) is 4.99 Å². The van der Waals surface area contributed by atoms with Gasteiger partial charge < -0.3 is 4.90 Å². The summed E-state index contributed by atoms with van der Waals surface area (Å²) in [5, 5.41) is 0. The highest BCUT2D eigenvalue weighted by Crippen LogP contribution is 2.17. The SMILES string of the molecule is CC(C)N1[C]=NC(C)(C)C1. The molecule has 10 heavy (non-hydrogen) atoms. The van der Waals surface area contributed by atoms with E-state index in [1.54, 1.807) is 0 Å². The molecule has 0 aromatic rings. The maximum atomic E-state index is 4.25. The molecule has 0 atom stereocenters. The zero-order chi connectivity index (χ0) is 7.78. The van der Waals surface area contributed by atoms with Gasteiger partial charge >= 0.3 is 0 Å². The third kappa shape index (κ3) is 1.49. The van der Waals surface area contributed by atoms with E-state index < -0.39 is 0 Å². The van der Waals surface area contributed by atoms with Crippen LogP contribution in [-0.4, -0.2) is 29.4 Å². The van der Waals surface area contributed by atoms with Gasteiger partial charge in [0.25, 0.3) is 0 Å². The Kier molecular flexibility index (Phi) is 1.71. The summed E-state index contributed by atoms with van der Waals surface area (Å²) in [6.45, 7) is 9.57. The molecule has 1 aliphatic rings. The first-order valence-electron chi connectivity index (χ1n) is 3.75. The molecule has 0 unspecified atom stereocenters. The molecule has 1 aliphatic heterocycles. The van der Waals surface area contributed by atoms with Gasteiger partial charge in [-0.25, -0.2) is 0 Å². The summed E-state index contributed by atoms with van der Waals surface area (Å²) in [6.07, 6.45) is 3.00. The van der Waals surface area contributed by atoms with Crippen molar-refractivity contribution in [2.45, 2.75) is 39.3 Å². The van der Waals surface area contributed by atoms with Crippen molar-refractivity contribution < 1.29 is 0 Å². The molecule has 0 saturated heterocycles. The minimum atomic E-state index is 0.0876. The summed E-state index contributed by atoms with van der Waals surface area (Å²) in [4.78, 5) is 6.39. The Balaban J connectivity index is 2.54. The number of nitrogens with zero attached hydrogens (tertiary/aromatic N) is 2. The molecule has 2 heteroatoms. The van der Waals surface area contributed by atoms with Crippen molar-refractivity contribution in [3.63, 3.8) is 0 Å². The largest absolute Gasteiger partial charge is 0.349 e. The van der Waals surface area contributed by atoms with Gasteiger partial charge in [0.15, 0.2) is 6.34 Å². The maximum Gasteiger partial charge on any atom is 0.167 e. The van der Waals surface area contributed by atoms with Crippen LogP contribution in [-0.2, 0) is 0 Å². The lowest BCUT2D eigenvalue weighted by Gasteiger charge is -2.22. The van der Waals surface area contributed by atoms with Crippen LogP contribution in [0.3, 0.4) is 0 Å². The van der Waals surface area contributed by atoms with Crippen molar-refractivity contribution in [3.8, 4) is 0 Å². The smallest absolute Gasteiger partial charge is 0.167 e. The van der Waals surface area contributed by atoms with E-state index in [4.69, 9.17) is 0 Å². The molecule has 0 aromatic heterocycles. The summed E-state index contributed by atoms with van der Waals surface area (Å²) in [7, 11) is 0. The fraction of sp³-hybridized carbons (Fsp3) is 0.875. The highest BCUT2D eigenvalue weighted by molar-refractivity contribution is 5.59. The van der Waals surface area contributed by atoms with Crippen LogP contribution < -0.4 is 0 Å². The van der Waals surface area contributed by atoms with E-state index >= 15 is 0 Å². The first-order chi connectivity index (χ1) is 4.51. The van der Waals surface area contributed by atoms with Crippen LogP contribution in [0.1, 0.15) is 27.7 Å². The second-order valence-electron chi connectivity index (χ2n) is 3.75. The summed E-state index contributed by atoms with van der Waals surface area (Å²) >= 11 is 0. The molecule has 0 fully saturated rings. The van der Waals surface area contributed by atoms with Crippen molar-refractivity contribution >= 4 is 6.34 Å². The average Bonchev–Trinajstić information content (AvgIpc) is 2.10. The van der Waals surface area contributed by atoms with Crippen LogP contribution in [0.4, 0.5) is 0 Å². The van der Waals surface area contributed by atoms with Gasteiger partial charge in [0.2, 0.25) is 0 Å². The molecule has 0 amide bonds. The predicted octanol–water partition coefficient (Wildman–Crippen LogP) is 1.39. The van der Waals surface area contributed by atoms with Crippen LogP contribution >= 0.6 is 0 Å². The fourth-order valence-electron chi connectivity index (χ4n) is 0.985. The van der Waals surface area contributed by atoms with Gasteiger partial charge in [-0.3, -0.25) is 4.99 Å². The van der Waals surface area contributed by atoms with E-state index in [1.807, 2.05) is 0 Å². The molecule has 1 rings (SSSR count). The van der Waals surface area contributed by atoms with Gasteiger partial charge in [0.1, 0.15) is 0 Å². The molecule has 0 aromatic carbocycles. The lowest BCUT2D eigenvalue weighted by molar-refractivity contribution is 0.329. The van der Waals surface area contributed by atoms with Crippen LogP contribution in [0.2, 0.25) is 0 Å². The highest BCUT2D eigenvalue weighted by atomic mass is 15.2. The molecular weight excluding hydrogens is 124 g/mol. The van der Waals surface area contributed by atoms with Crippen molar-refractivity contribution in [1.82, 2.24) is 4.90 Å². The topological polar surface area (TPSA) is 15.6 Å². The average molecular weight is 139 g/mol. The molecular formula is C8H15N2. The zero-order valence-electron chi connectivity index (χ0n) is 7.18. The van der Waals surface area contributed by atoms with Crippen LogP contribution in [0, 0.1) is 0 Å². The Morgan fingerprint density at radius 3 is 2.30 bits per heavy atom. The number of aliphatic imine (C=N–C) groups is 1. The molecule has 0 aliphatic carbocycles. The fourth-order valence-corrected chi connectivity index (χ4v) is 0.985. The van der Waals surface area contributed by atoms with Crippen LogP contribution in [0.25, 0.3) is 0 Å². The lowest BCUT2D eigenvalue weighted by atomic mass is 10.1. The van der Waals surface area contributed by atoms with E-state index in [0.29, 0.717) is 6.04 Å². The Labute approximate surface area is 62.9 Å². The summed E-state index contributed by atoms with van der Waals surface area (Å²) in [5.74, 6) is 0. The molecule has 0 bridgehead atoms. The van der Waals surface area contributed by atoms with E-state index in [1.165, 1.54) is 0 Å². The summed E-state index contributed by atoms with van der Waals surface area (Å²) in [6, 6.07) is 0.533. The third-order valence-electron chi connectivity index (χ3n) is 1.66. The molecule has 1 radical (unpaired) electrons. The van der Waals surface area contributed by atoms with E-state index in [0.717, 1.165) is 6.54 Å². The van der Waals surface area contributed by atoms with Crippen molar-refractivity contribution in [2.24, 2.45) is 4.99 Å². The Morgan fingerprint density at radius 1 is 1.50 bits per heavy atom. The van der Waals surface area contributed by atoms with Crippen LogP contribution in [0.5, 0.6) is 0 Å². The maximum absolute atomic E-state index is 4.25. The minimum Gasteiger partial charge on any atom is -0.349 e. The first-order valence-corrected chi connectivity index (χ1v) is 3.75. The van der Waals surface area contributed by atoms with Gasteiger partial charge in [-0.15, -0.1) is 0 Å². The number of hydrogen-bond acceptors (Lipinski definition) is 2. The molecule has 0 spiro atoms. The monoisotopic (exact) mass is 139 g/mol. The van der Waals surface area contributed by atoms with Crippen molar-refractivity contribution in [1.29, 1.82) is 0 Å². The Bertz CT molecular complexity index is 147. The molecule has 2 nitrogen and oxygen atoms in total. The van der Waals surface area contributed by atoms with E-state index in [-0.39, 0.29) is 5.54 Å². The second-order valence-corrected chi connectivity index (χ2v) is 3.75. The van der Waals surface area contributed by atoms with E-state index in [9.17, 15) is 0 Å². The second kappa shape index (κ2) is 2.26. The minimum absolute atomic E-state index is 0.0876. The molecule has 0 N–H and O–H groups in total. The summed E-state index contributed by atoms with van der Waals surface area (Å²) in [5.41, 5.74) is 0.0876. The van der Waals surface area contributed by atoms with Gasteiger partial charge in [0, 0.05) is 12.6 Å². The quantitative estimate of drug-likeness (QED) is 0.536. The van der Waals surface area contributed by atoms with Gasteiger partial charge in [-0.1, -0.05) is 0 Å². The zero-order valence-corrected chi connectivity index (χ0v) is 7.18. The Morgan fingerprint density at radius 2 is 2.10 bits per heavy atom. The normalized spacial score (nSPS) is 22.7. The predicted molar refractivity (Wildman–Crippen MR) is 43.4 cm³/mol. The van der Waals surface area contributed by atoms with E-state index in [2.05, 4.69) is 43.9 Å². The van der Waals surface area contributed by atoms with Gasteiger partial charge in [-0.2, -0.15) is 0 Å². The molecule has 0 saturated carbocycles. The van der Waals surface area contributed by atoms with Crippen molar-refractivity contribution in [2.75, 3.05) is 6.54 Å². The third-order valence-corrected chi connectivity index (χ3v) is 1.66. The number of hydrogen-bond donors (Lipinski definition) is 0. The highest BCUT2D eigenvalue weighted by Gasteiger charge is 2.26.